The van der Waals surface area contributed by atoms with Gasteiger partial charge in [0.2, 0.25) is 0 Å². The van der Waals surface area contributed by atoms with Crippen molar-refractivity contribution in [1.29, 1.82) is 0 Å². The summed E-state index contributed by atoms with van der Waals surface area (Å²) < 4.78 is 12.6. The highest BCUT2D eigenvalue weighted by Gasteiger charge is 2.14. The highest BCUT2D eigenvalue weighted by Crippen LogP contribution is 2.26. The third-order valence-electron chi connectivity index (χ3n) is 4.55. The molecule has 1 aromatic heterocycles. The van der Waals surface area contributed by atoms with E-state index in [4.69, 9.17) is 14.5 Å². The fourth-order valence-electron chi connectivity index (χ4n) is 3.07. The standard InChI is InChI=1S/C21H25N3O3/c1-23(2)11-12-24-20(22-18-8-6-5-7-17(18)21(24)25)14-15-13-16(26-3)9-10-19(15)27-4/h5-10,13H,11-12,14H2,1-4H3. The highest BCUT2D eigenvalue weighted by atomic mass is 16.5. The molecule has 0 fully saturated rings. The maximum Gasteiger partial charge on any atom is 0.261 e. The minimum absolute atomic E-state index is 0.0145. The van der Waals surface area contributed by atoms with Crippen LogP contribution in [0.15, 0.2) is 47.3 Å². The molecular weight excluding hydrogens is 342 g/mol. The van der Waals surface area contributed by atoms with Gasteiger partial charge in [-0.1, -0.05) is 12.1 Å². The Morgan fingerprint density at radius 3 is 2.56 bits per heavy atom. The van der Waals surface area contributed by atoms with Crippen molar-refractivity contribution in [1.82, 2.24) is 14.5 Å². The minimum atomic E-state index is -0.0145. The molecule has 27 heavy (non-hydrogen) atoms. The molecule has 0 amide bonds. The number of para-hydroxylation sites is 1. The van der Waals surface area contributed by atoms with Gasteiger partial charge in [0.1, 0.15) is 17.3 Å². The largest absolute Gasteiger partial charge is 0.497 e. The van der Waals surface area contributed by atoms with Crippen molar-refractivity contribution < 1.29 is 9.47 Å². The van der Waals surface area contributed by atoms with E-state index < -0.39 is 0 Å². The summed E-state index contributed by atoms with van der Waals surface area (Å²) in [5.74, 6) is 2.21. The number of hydrogen-bond acceptors (Lipinski definition) is 5. The molecule has 6 heteroatoms. The summed E-state index contributed by atoms with van der Waals surface area (Å²) in [6.07, 6.45) is 0.480. The number of fused-ring (bicyclic) bond motifs is 1. The Morgan fingerprint density at radius 1 is 1.07 bits per heavy atom. The molecule has 142 valence electrons. The van der Waals surface area contributed by atoms with Gasteiger partial charge in [-0.05, 0) is 44.4 Å². The Labute approximate surface area is 159 Å². The number of ether oxygens (including phenoxy) is 2. The molecule has 1 heterocycles. The minimum Gasteiger partial charge on any atom is -0.497 e. The van der Waals surface area contributed by atoms with Crippen LogP contribution in [0, 0.1) is 0 Å². The van der Waals surface area contributed by atoms with E-state index in [1.165, 1.54) is 0 Å². The van der Waals surface area contributed by atoms with E-state index in [9.17, 15) is 4.79 Å². The molecule has 0 atom stereocenters. The smallest absolute Gasteiger partial charge is 0.261 e. The summed E-state index contributed by atoms with van der Waals surface area (Å²) in [5.41, 5.74) is 1.62. The Bertz CT molecular complexity index is 996. The van der Waals surface area contributed by atoms with E-state index in [0.29, 0.717) is 29.7 Å². The molecule has 0 N–H and O–H groups in total. The van der Waals surface area contributed by atoms with Crippen LogP contribution in [0.2, 0.25) is 0 Å². The molecule has 6 nitrogen and oxygen atoms in total. The predicted octanol–water partition coefficient (Wildman–Crippen LogP) is 2.57. The number of nitrogens with zero attached hydrogens (tertiary/aromatic N) is 3. The van der Waals surface area contributed by atoms with Gasteiger partial charge in [-0.2, -0.15) is 0 Å². The Hall–Kier alpha value is -2.86. The summed E-state index contributed by atoms with van der Waals surface area (Å²) in [6.45, 7) is 1.33. The fourth-order valence-corrected chi connectivity index (χ4v) is 3.07. The van der Waals surface area contributed by atoms with E-state index in [1.54, 1.807) is 18.8 Å². The van der Waals surface area contributed by atoms with Crippen molar-refractivity contribution in [3.8, 4) is 11.5 Å². The molecule has 2 aromatic carbocycles. The van der Waals surface area contributed by atoms with Crippen LogP contribution in [-0.4, -0.2) is 49.3 Å². The van der Waals surface area contributed by atoms with Crippen LogP contribution in [-0.2, 0) is 13.0 Å². The Balaban J connectivity index is 2.12. The van der Waals surface area contributed by atoms with E-state index in [-0.39, 0.29) is 5.56 Å². The first-order valence-electron chi connectivity index (χ1n) is 8.87. The van der Waals surface area contributed by atoms with Gasteiger partial charge in [0.05, 0.1) is 25.1 Å². The first-order chi connectivity index (χ1) is 13.0. The van der Waals surface area contributed by atoms with Crippen LogP contribution in [0.1, 0.15) is 11.4 Å². The molecule has 0 radical (unpaired) electrons. The predicted molar refractivity (Wildman–Crippen MR) is 107 cm³/mol. The molecule has 0 aliphatic heterocycles. The van der Waals surface area contributed by atoms with Crippen LogP contribution < -0.4 is 15.0 Å². The molecule has 0 spiro atoms. The van der Waals surface area contributed by atoms with Crippen LogP contribution in [0.25, 0.3) is 10.9 Å². The monoisotopic (exact) mass is 367 g/mol. The fraction of sp³-hybridized carbons (Fsp3) is 0.333. The normalized spacial score (nSPS) is 11.1. The van der Waals surface area contributed by atoms with Crippen molar-refractivity contribution in [2.75, 3.05) is 34.9 Å². The summed E-state index contributed by atoms with van der Waals surface area (Å²) in [4.78, 5) is 19.9. The second kappa shape index (κ2) is 8.22. The zero-order chi connectivity index (χ0) is 19.4. The third-order valence-corrected chi connectivity index (χ3v) is 4.55. The molecule has 3 rings (SSSR count). The lowest BCUT2D eigenvalue weighted by Gasteiger charge is -2.17. The van der Waals surface area contributed by atoms with Crippen LogP contribution in [0.5, 0.6) is 11.5 Å². The average molecular weight is 367 g/mol. The SMILES string of the molecule is COc1ccc(OC)c(Cc2nc3ccccc3c(=O)n2CCN(C)C)c1. The number of likely N-dealkylation sites (N-methyl/N-ethyl adjacent to an activating group) is 1. The van der Waals surface area contributed by atoms with Gasteiger partial charge >= 0.3 is 0 Å². The number of rotatable bonds is 7. The van der Waals surface area contributed by atoms with Gasteiger partial charge < -0.3 is 14.4 Å². The lowest BCUT2D eigenvalue weighted by atomic mass is 10.1. The Morgan fingerprint density at radius 2 is 1.85 bits per heavy atom. The lowest BCUT2D eigenvalue weighted by Crippen LogP contribution is -2.30. The molecule has 0 aliphatic rings. The third kappa shape index (κ3) is 4.11. The first kappa shape index (κ1) is 18.9. The molecular formula is C21H25N3O3. The van der Waals surface area contributed by atoms with Crippen molar-refractivity contribution >= 4 is 10.9 Å². The van der Waals surface area contributed by atoms with E-state index >= 15 is 0 Å². The van der Waals surface area contributed by atoms with Gasteiger partial charge in [-0.25, -0.2) is 4.98 Å². The van der Waals surface area contributed by atoms with Crippen LogP contribution >= 0.6 is 0 Å². The second-order valence-electron chi connectivity index (χ2n) is 6.66. The van der Waals surface area contributed by atoms with Gasteiger partial charge in [0.25, 0.3) is 5.56 Å². The van der Waals surface area contributed by atoms with Crippen LogP contribution in [0.3, 0.4) is 0 Å². The van der Waals surface area contributed by atoms with Gasteiger partial charge in [0.15, 0.2) is 0 Å². The molecule has 0 aliphatic carbocycles. The maximum atomic E-state index is 13.1. The molecule has 3 aromatic rings. The number of hydrogen-bond donors (Lipinski definition) is 0. The van der Waals surface area contributed by atoms with Crippen molar-refractivity contribution in [3.63, 3.8) is 0 Å². The summed E-state index contributed by atoms with van der Waals surface area (Å²) in [6, 6.07) is 13.1. The van der Waals surface area contributed by atoms with Gasteiger partial charge in [-0.3, -0.25) is 9.36 Å². The number of methoxy groups -OCH3 is 2. The quantitative estimate of drug-likeness (QED) is 0.642. The van der Waals surface area contributed by atoms with Gasteiger partial charge in [0, 0.05) is 25.1 Å². The molecule has 0 bridgehead atoms. The topological polar surface area (TPSA) is 56.6 Å². The highest BCUT2D eigenvalue weighted by molar-refractivity contribution is 5.77. The first-order valence-corrected chi connectivity index (χ1v) is 8.87. The summed E-state index contributed by atoms with van der Waals surface area (Å²) in [5, 5.41) is 0.637. The van der Waals surface area contributed by atoms with E-state index in [0.717, 1.165) is 23.6 Å². The molecule has 0 saturated carbocycles. The van der Waals surface area contributed by atoms with Crippen molar-refractivity contribution in [3.05, 3.63) is 64.2 Å². The maximum absolute atomic E-state index is 13.1. The van der Waals surface area contributed by atoms with Crippen LogP contribution in [0.4, 0.5) is 0 Å². The zero-order valence-corrected chi connectivity index (χ0v) is 16.2. The second-order valence-corrected chi connectivity index (χ2v) is 6.66. The number of aromatic nitrogens is 2. The average Bonchev–Trinajstić information content (AvgIpc) is 2.67. The van der Waals surface area contributed by atoms with Crippen molar-refractivity contribution in [2.45, 2.75) is 13.0 Å². The van der Waals surface area contributed by atoms with Gasteiger partial charge in [-0.15, -0.1) is 0 Å². The van der Waals surface area contributed by atoms with E-state index in [1.807, 2.05) is 56.6 Å². The summed E-state index contributed by atoms with van der Waals surface area (Å²) >= 11 is 0. The lowest BCUT2D eigenvalue weighted by molar-refractivity contribution is 0.376. The molecule has 0 unspecified atom stereocenters. The van der Waals surface area contributed by atoms with Crippen molar-refractivity contribution in [2.24, 2.45) is 0 Å². The molecule has 0 saturated heterocycles. The Kier molecular flexibility index (Phi) is 5.76. The zero-order valence-electron chi connectivity index (χ0n) is 16.2. The van der Waals surface area contributed by atoms with E-state index in [2.05, 4.69) is 4.90 Å². The summed E-state index contributed by atoms with van der Waals surface area (Å²) in [7, 11) is 7.25. The number of benzene rings is 2.